The first-order chi connectivity index (χ1) is 25.7. The number of carbonyl (C=O) groups excluding carboxylic acids is 4. The Morgan fingerprint density at radius 1 is 0.821 bits per heavy atom. The number of ether oxygens (including phenoxy) is 2. The Morgan fingerprint density at radius 3 is 2.04 bits per heavy atom. The van der Waals surface area contributed by atoms with Crippen molar-refractivity contribution in [2.24, 2.45) is 50.7 Å². The van der Waals surface area contributed by atoms with Gasteiger partial charge < -0.3 is 29.7 Å². The number of hydrogen-bond donors (Lipinski definition) is 2. The highest BCUT2D eigenvalue weighted by molar-refractivity contribution is 6.02. The Hall–Kier alpha value is -3.11. The van der Waals surface area contributed by atoms with Gasteiger partial charge in [-0.05, 0) is 137 Å². The zero-order valence-corrected chi connectivity index (χ0v) is 36.5. The lowest BCUT2D eigenvalue weighted by Gasteiger charge is -2.72. The second-order valence-electron chi connectivity index (χ2n) is 21.9. The van der Waals surface area contributed by atoms with E-state index in [1.165, 1.54) is 5.57 Å². The number of urea groups is 1. The third kappa shape index (κ3) is 6.86. The maximum atomic E-state index is 14.2. The molecule has 0 aromatic carbocycles. The molecule has 4 saturated carbocycles. The number of nitrogens with zero attached hydrogens (tertiary/aromatic N) is 2. The fourth-order valence-corrected chi connectivity index (χ4v) is 13.3. The van der Waals surface area contributed by atoms with Gasteiger partial charge in [-0.1, -0.05) is 48.5 Å². The van der Waals surface area contributed by atoms with Crippen molar-refractivity contribution in [1.29, 1.82) is 0 Å². The third-order valence-electron chi connectivity index (χ3n) is 16.4. The van der Waals surface area contributed by atoms with Gasteiger partial charge in [0, 0.05) is 38.0 Å². The van der Waals surface area contributed by atoms with E-state index in [-0.39, 0.29) is 63.9 Å². The number of fused-ring (bicyclic) bond motifs is 7. The van der Waals surface area contributed by atoms with Crippen molar-refractivity contribution in [2.75, 3.05) is 26.2 Å². The molecule has 1 aliphatic heterocycles. The van der Waals surface area contributed by atoms with Crippen LogP contribution in [0.25, 0.3) is 0 Å². The molecule has 1 saturated heterocycles. The van der Waals surface area contributed by atoms with E-state index in [4.69, 9.17) is 9.47 Å². The summed E-state index contributed by atoms with van der Waals surface area (Å²) in [6.45, 7) is 26.6. The van der Waals surface area contributed by atoms with Gasteiger partial charge in [0.05, 0.1) is 17.4 Å². The van der Waals surface area contributed by atoms with Crippen LogP contribution in [0.5, 0.6) is 0 Å². The summed E-state index contributed by atoms with van der Waals surface area (Å²) in [5.74, 6) is -0.267. The van der Waals surface area contributed by atoms with Crippen LogP contribution >= 0.6 is 0 Å². The van der Waals surface area contributed by atoms with E-state index in [9.17, 15) is 29.1 Å². The van der Waals surface area contributed by atoms with Crippen LogP contribution in [0.15, 0.2) is 11.1 Å². The van der Waals surface area contributed by atoms with E-state index in [0.29, 0.717) is 44.4 Å². The monoisotopic (exact) mass is 782 g/mol. The Balaban J connectivity index is 1.23. The lowest BCUT2D eigenvalue weighted by Crippen LogP contribution is -2.68. The number of nitrogens with one attached hydrogen (secondary N) is 1. The lowest BCUT2D eigenvalue weighted by atomic mass is 9.33. The quantitative estimate of drug-likeness (QED) is 0.256. The highest BCUT2D eigenvalue weighted by Gasteiger charge is 2.70. The van der Waals surface area contributed by atoms with Crippen molar-refractivity contribution in [1.82, 2.24) is 15.1 Å². The molecule has 56 heavy (non-hydrogen) atoms. The number of hydrogen-bond acceptors (Lipinski definition) is 7. The molecule has 11 heteroatoms. The maximum Gasteiger partial charge on any atom is 0.410 e. The van der Waals surface area contributed by atoms with Crippen molar-refractivity contribution < 1.29 is 38.6 Å². The van der Waals surface area contributed by atoms with Gasteiger partial charge in [-0.3, -0.25) is 14.4 Å². The number of amides is 3. The first kappa shape index (κ1) is 42.5. The minimum atomic E-state index is -1.18. The summed E-state index contributed by atoms with van der Waals surface area (Å²) in [5.41, 5.74) is -0.679. The smallest absolute Gasteiger partial charge is 0.410 e. The normalized spacial score (nSPS) is 36.9. The van der Waals surface area contributed by atoms with Gasteiger partial charge in [-0.15, -0.1) is 0 Å². The number of carbonyl (C=O) groups is 5. The van der Waals surface area contributed by atoms with Crippen molar-refractivity contribution in [3.05, 3.63) is 11.1 Å². The number of allylic oxidation sites excluding steroid dienone is 1. The molecular weight excluding hydrogens is 711 g/mol. The first-order valence-electron chi connectivity index (χ1n) is 21.5. The summed E-state index contributed by atoms with van der Waals surface area (Å²) in [7, 11) is 0. The molecule has 11 nitrogen and oxygen atoms in total. The fourth-order valence-electron chi connectivity index (χ4n) is 13.3. The van der Waals surface area contributed by atoms with Crippen molar-refractivity contribution in [2.45, 2.75) is 165 Å². The number of carboxylic acid groups (broad SMARTS) is 1. The number of esters is 1. The second kappa shape index (κ2) is 14.0. The maximum absolute atomic E-state index is 14.2. The average Bonchev–Trinajstić information content (AvgIpc) is 3.37. The Kier molecular flexibility index (Phi) is 10.6. The van der Waals surface area contributed by atoms with Crippen LogP contribution in [-0.4, -0.2) is 88.2 Å². The van der Waals surface area contributed by atoms with Gasteiger partial charge in [-0.25, -0.2) is 9.59 Å². The standard InChI is InChI=1S/C45H71N3O8/c1-27(2)34-29(49)25-45(46-37(53)47-21-23-48(24-22-47)38(54)56-39(3,4)5)20-19-43(11)28(35(34)45)13-14-31-42(10)17-16-32(55-33(50)26-40(6,7)36(51)52)41(8,9)30(42)15-18-44(31,43)12/h27-28,30-32H,13-26H2,1-12H3,(H,46,53)(H,51,52)/t28-,30+,31-,32+,42+,43-,44-,45-/m1/s1. The Bertz CT molecular complexity index is 1670. The van der Waals surface area contributed by atoms with E-state index < -0.39 is 28.5 Å². The molecular formula is C45H71N3O8. The molecule has 314 valence electrons. The van der Waals surface area contributed by atoms with Crippen LogP contribution in [0.4, 0.5) is 9.59 Å². The molecule has 0 aromatic heterocycles. The predicted octanol–water partition coefficient (Wildman–Crippen LogP) is 8.39. The van der Waals surface area contributed by atoms with Crippen molar-refractivity contribution >= 4 is 29.8 Å². The zero-order chi connectivity index (χ0) is 41.6. The minimum absolute atomic E-state index is 0.00115. The average molecular weight is 782 g/mol. The van der Waals surface area contributed by atoms with Crippen molar-refractivity contribution in [3.8, 4) is 0 Å². The number of rotatable bonds is 6. The van der Waals surface area contributed by atoms with Crippen LogP contribution in [0, 0.1) is 50.7 Å². The summed E-state index contributed by atoms with van der Waals surface area (Å²) in [4.78, 5) is 69.3. The number of piperazine rings is 1. The van der Waals surface area contributed by atoms with E-state index in [2.05, 4.69) is 53.8 Å². The molecule has 3 amide bonds. The highest BCUT2D eigenvalue weighted by Crippen LogP contribution is 2.76. The van der Waals surface area contributed by atoms with Gasteiger partial charge in [0.25, 0.3) is 0 Å². The molecule has 2 N–H and O–H groups in total. The van der Waals surface area contributed by atoms with E-state index in [0.717, 1.165) is 56.9 Å². The van der Waals surface area contributed by atoms with E-state index in [1.807, 2.05) is 20.8 Å². The molecule has 6 aliphatic rings. The molecule has 8 atom stereocenters. The van der Waals surface area contributed by atoms with Gasteiger partial charge >= 0.3 is 24.1 Å². The molecule has 0 aromatic rings. The molecule has 1 heterocycles. The number of ketones is 1. The van der Waals surface area contributed by atoms with Crippen LogP contribution in [0.3, 0.4) is 0 Å². The summed E-state index contributed by atoms with van der Waals surface area (Å²) in [6.07, 6.45) is 6.93. The van der Waals surface area contributed by atoms with E-state index >= 15 is 0 Å². The summed E-state index contributed by atoms with van der Waals surface area (Å²) >= 11 is 0. The van der Waals surface area contributed by atoms with Crippen molar-refractivity contribution in [3.63, 3.8) is 0 Å². The molecule has 0 unspecified atom stereocenters. The second-order valence-corrected chi connectivity index (χ2v) is 21.9. The number of carboxylic acids is 1. The van der Waals surface area contributed by atoms with Gasteiger partial charge in [0.1, 0.15) is 11.7 Å². The Labute approximate surface area is 335 Å². The fraction of sp³-hybridized carbons (Fsp3) is 0.844. The summed E-state index contributed by atoms with van der Waals surface area (Å²) in [6, 6.07) is -0.160. The molecule has 6 rings (SSSR count). The van der Waals surface area contributed by atoms with Gasteiger partial charge in [0.15, 0.2) is 5.78 Å². The largest absolute Gasteiger partial charge is 0.481 e. The van der Waals surface area contributed by atoms with E-state index in [1.54, 1.807) is 23.6 Å². The molecule has 5 fully saturated rings. The van der Waals surface area contributed by atoms with Crippen LogP contribution in [-0.2, 0) is 23.9 Å². The molecule has 5 aliphatic carbocycles. The topological polar surface area (TPSA) is 143 Å². The number of aliphatic carboxylic acids is 1. The lowest BCUT2D eigenvalue weighted by molar-refractivity contribution is -0.232. The highest BCUT2D eigenvalue weighted by atomic mass is 16.6. The number of Topliss-reactive ketones (excluding diaryl/α,β-unsaturated/α-hetero) is 1. The predicted molar refractivity (Wildman–Crippen MR) is 214 cm³/mol. The summed E-state index contributed by atoms with van der Waals surface area (Å²) in [5, 5.41) is 13.1. The summed E-state index contributed by atoms with van der Waals surface area (Å²) < 4.78 is 11.7. The molecule has 0 spiro atoms. The third-order valence-corrected chi connectivity index (χ3v) is 16.4. The first-order valence-corrected chi connectivity index (χ1v) is 21.5. The minimum Gasteiger partial charge on any atom is -0.481 e. The zero-order valence-electron chi connectivity index (χ0n) is 36.5. The van der Waals surface area contributed by atoms with Gasteiger partial charge in [0.2, 0.25) is 0 Å². The Morgan fingerprint density at radius 2 is 1.45 bits per heavy atom. The molecule has 0 bridgehead atoms. The SMILES string of the molecule is CC(C)C1=C2[C@H]3CC[C@@H]4[C@@]5(C)CC[C@H](OC(=O)CC(C)(C)C(=O)O)C(C)(C)[C@@H]5CC[C@@]4(C)[C@]3(C)CC[C@@]2(NC(=O)N2CCN(C(=O)OC(C)(C)C)CC2)CC1=O. The van der Waals surface area contributed by atoms with Crippen LogP contribution in [0.1, 0.15) is 147 Å². The van der Waals surface area contributed by atoms with Gasteiger partial charge in [-0.2, -0.15) is 0 Å². The molecule has 0 radical (unpaired) electrons. The van der Waals surface area contributed by atoms with Crippen LogP contribution < -0.4 is 5.32 Å². The van der Waals surface area contributed by atoms with Crippen LogP contribution in [0.2, 0.25) is 0 Å².